The molecular formula is C44H31N. The van der Waals surface area contributed by atoms with Crippen molar-refractivity contribution in [2.24, 2.45) is 0 Å². The van der Waals surface area contributed by atoms with Crippen LogP contribution in [0, 0.1) is 0 Å². The van der Waals surface area contributed by atoms with Crippen molar-refractivity contribution in [3.05, 3.63) is 188 Å². The fourth-order valence-corrected chi connectivity index (χ4v) is 6.50. The zero-order chi connectivity index (χ0) is 30.0. The quantitative estimate of drug-likeness (QED) is 0.191. The van der Waals surface area contributed by atoms with Crippen LogP contribution in [0.4, 0.5) is 17.1 Å². The van der Waals surface area contributed by atoms with Crippen LogP contribution in [0.1, 0.15) is 0 Å². The van der Waals surface area contributed by atoms with Crippen LogP contribution in [0.2, 0.25) is 0 Å². The van der Waals surface area contributed by atoms with Gasteiger partial charge >= 0.3 is 0 Å². The molecule has 8 aromatic carbocycles. The molecule has 8 rings (SSSR count). The Labute approximate surface area is 264 Å². The molecule has 0 aliphatic heterocycles. The van der Waals surface area contributed by atoms with Crippen molar-refractivity contribution in [1.82, 2.24) is 0 Å². The first kappa shape index (κ1) is 26.7. The second-order valence-corrected chi connectivity index (χ2v) is 11.4. The predicted molar refractivity (Wildman–Crippen MR) is 192 cm³/mol. The topological polar surface area (TPSA) is 3.24 Å². The molecule has 0 heterocycles. The Hall–Kier alpha value is -5.92. The van der Waals surface area contributed by atoms with Crippen molar-refractivity contribution in [2.75, 3.05) is 4.90 Å². The van der Waals surface area contributed by atoms with Crippen LogP contribution in [-0.4, -0.2) is 0 Å². The van der Waals surface area contributed by atoms with Gasteiger partial charge in [0, 0.05) is 16.9 Å². The molecule has 1 nitrogen and oxygen atoms in total. The third kappa shape index (κ3) is 5.05. The van der Waals surface area contributed by atoms with Gasteiger partial charge in [-0.1, -0.05) is 158 Å². The smallest absolute Gasteiger partial charge is 0.0540 e. The number of para-hydroxylation sites is 1. The van der Waals surface area contributed by atoms with Gasteiger partial charge in [0.05, 0.1) is 5.69 Å². The first-order valence-electron chi connectivity index (χ1n) is 15.4. The third-order valence-corrected chi connectivity index (χ3v) is 8.65. The second kappa shape index (κ2) is 11.6. The van der Waals surface area contributed by atoms with E-state index in [0.29, 0.717) is 0 Å². The zero-order valence-electron chi connectivity index (χ0n) is 24.8. The van der Waals surface area contributed by atoms with Crippen LogP contribution in [-0.2, 0) is 0 Å². The van der Waals surface area contributed by atoms with E-state index in [9.17, 15) is 0 Å². The Morgan fingerprint density at radius 2 is 0.667 bits per heavy atom. The maximum Gasteiger partial charge on any atom is 0.0540 e. The molecule has 0 atom stereocenters. The average molecular weight is 574 g/mol. The van der Waals surface area contributed by atoms with E-state index in [4.69, 9.17) is 0 Å². The molecular weight excluding hydrogens is 542 g/mol. The van der Waals surface area contributed by atoms with E-state index >= 15 is 0 Å². The third-order valence-electron chi connectivity index (χ3n) is 8.65. The number of fused-ring (bicyclic) bond motifs is 2. The summed E-state index contributed by atoms with van der Waals surface area (Å²) in [6, 6.07) is 67.7. The standard InChI is InChI=1S/C44H31N/c1-2-16-34(17-3-1)39-20-8-9-21-40(39)41-22-10-11-23-42(41)43-24-12-13-25-44(43)45(37-28-26-32-14-4-6-18-35(32)30-37)38-29-27-33-15-5-7-19-36(33)31-38/h1-31H. The van der Waals surface area contributed by atoms with Gasteiger partial charge in [0.15, 0.2) is 0 Å². The van der Waals surface area contributed by atoms with Crippen LogP contribution in [0.5, 0.6) is 0 Å². The van der Waals surface area contributed by atoms with Crippen LogP contribution in [0.3, 0.4) is 0 Å². The maximum atomic E-state index is 2.41. The van der Waals surface area contributed by atoms with Gasteiger partial charge in [-0.2, -0.15) is 0 Å². The van der Waals surface area contributed by atoms with Crippen molar-refractivity contribution in [1.29, 1.82) is 0 Å². The molecule has 8 aromatic rings. The van der Waals surface area contributed by atoms with Gasteiger partial charge < -0.3 is 4.90 Å². The summed E-state index contributed by atoms with van der Waals surface area (Å²) in [5, 5.41) is 4.90. The lowest BCUT2D eigenvalue weighted by molar-refractivity contribution is 1.29. The molecule has 0 N–H and O–H groups in total. The second-order valence-electron chi connectivity index (χ2n) is 11.4. The van der Waals surface area contributed by atoms with E-state index in [1.165, 1.54) is 54.9 Å². The summed E-state index contributed by atoms with van der Waals surface area (Å²) in [4.78, 5) is 2.41. The summed E-state index contributed by atoms with van der Waals surface area (Å²) in [5.41, 5.74) is 10.6. The lowest BCUT2D eigenvalue weighted by atomic mass is 9.88. The fraction of sp³-hybridized carbons (Fsp3) is 0. The number of anilines is 3. The Balaban J connectivity index is 1.36. The number of hydrogen-bond donors (Lipinski definition) is 0. The molecule has 0 saturated carbocycles. The normalized spacial score (nSPS) is 11.1. The van der Waals surface area contributed by atoms with Crippen molar-refractivity contribution < 1.29 is 0 Å². The highest BCUT2D eigenvalue weighted by molar-refractivity contribution is 5.99. The molecule has 0 aliphatic carbocycles. The van der Waals surface area contributed by atoms with Gasteiger partial charge in [0.2, 0.25) is 0 Å². The number of benzene rings is 8. The average Bonchev–Trinajstić information content (AvgIpc) is 3.12. The van der Waals surface area contributed by atoms with Crippen molar-refractivity contribution in [3.8, 4) is 33.4 Å². The van der Waals surface area contributed by atoms with Crippen molar-refractivity contribution >= 4 is 38.6 Å². The fourth-order valence-electron chi connectivity index (χ4n) is 6.50. The van der Waals surface area contributed by atoms with E-state index in [0.717, 1.165) is 17.1 Å². The Bertz CT molecular complexity index is 2200. The number of nitrogens with zero attached hydrogens (tertiary/aromatic N) is 1. The van der Waals surface area contributed by atoms with Crippen LogP contribution in [0.15, 0.2) is 188 Å². The molecule has 0 saturated heterocycles. The lowest BCUT2D eigenvalue weighted by Crippen LogP contribution is -2.11. The van der Waals surface area contributed by atoms with Crippen molar-refractivity contribution in [2.45, 2.75) is 0 Å². The molecule has 0 amide bonds. The minimum Gasteiger partial charge on any atom is -0.310 e. The molecule has 1 heteroatoms. The molecule has 0 aromatic heterocycles. The first-order chi connectivity index (χ1) is 22.3. The van der Waals surface area contributed by atoms with E-state index < -0.39 is 0 Å². The molecule has 0 bridgehead atoms. The summed E-state index contributed by atoms with van der Waals surface area (Å²) < 4.78 is 0. The van der Waals surface area contributed by atoms with E-state index in [2.05, 4.69) is 193 Å². The molecule has 45 heavy (non-hydrogen) atoms. The van der Waals surface area contributed by atoms with E-state index in [1.807, 2.05) is 0 Å². The Morgan fingerprint density at radius 3 is 1.24 bits per heavy atom. The number of hydrogen-bond acceptors (Lipinski definition) is 1. The molecule has 0 fully saturated rings. The largest absolute Gasteiger partial charge is 0.310 e. The number of rotatable bonds is 6. The van der Waals surface area contributed by atoms with Crippen LogP contribution in [0.25, 0.3) is 54.9 Å². The SMILES string of the molecule is c1ccc(-c2ccccc2-c2ccccc2-c2ccccc2N(c2ccc3ccccc3c2)c2ccc3ccccc3c2)cc1. The van der Waals surface area contributed by atoms with Crippen LogP contribution < -0.4 is 4.90 Å². The molecule has 0 spiro atoms. The van der Waals surface area contributed by atoms with E-state index in [1.54, 1.807) is 0 Å². The zero-order valence-corrected chi connectivity index (χ0v) is 24.8. The van der Waals surface area contributed by atoms with Gasteiger partial charge in [-0.05, 0) is 79.7 Å². The molecule has 212 valence electrons. The highest BCUT2D eigenvalue weighted by atomic mass is 15.1. The molecule has 0 radical (unpaired) electrons. The monoisotopic (exact) mass is 573 g/mol. The van der Waals surface area contributed by atoms with E-state index in [-0.39, 0.29) is 0 Å². The summed E-state index contributed by atoms with van der Waals surface area (Å²) in [7, 11) is 0. The lowest BCUT2D eigenvalue weighted by Gasteiger charge is -2.29. The molecule has 0 unspecified atom stereocenters. The summed E-state index contributed by atoms with van der Waals surface area (Å²) >= 11 is 0. The summed E-state index contributed by atoms with van der Waals surface area (Å²) in [6.45, 7) is 0. The minimum absolute atomic E-state index is 1.12. The van der Waals surface area contributed by atoms with Gasteiger partial charge in [0.25, 0.3) is 0 Å². The van der Waals surface area contributed by atoms with Crippen molar-refractivity contribution in [3.63, 3.8) is 0 Å². The van der Waals surface area contributed by atoms with Gasteiger partial charge in [0.1, 0.15) is 0 Å². The Kier molecular flexibility index (Phi) is 6.90. The minimum atomic E-state index is 1.12. The van der Waals surface area contributed by atoms with Gasteiger partial charge in [-0.15, -0.1) is 0 Å². The first-order valence-corrected chi connectivity index (χ1v) is 15.4. The Morgan fingerprint density at radius 1 is 0.267 bits per heavy atom. The highest BCUT2D eigenvalue weighted by Crippen LogP contribution is 2.45. The predicted octanol–water partition coefficient (Wildman–Crippen LogP) is 12.5. The maximum absolute atomic E-state index is 2.41. The van der Waals surface area contributed by atoms with Gasteiger partial charge in [-0.3, -0.25) is 0 Å². The van der Waals surface area contributed by atoms with Gasteiger partial charge in [-0.25, -0.2) is 0 Å². The highest BCUT2D eigenvalue weighted by Gasteiger charge is 2.20. The summed E-state index contributed by atoms with van der Waals surface area (Å²) in [5.74, 6) is 0. The van der Waals surface area contributed by atoms with Crippen LogP contribution >= 0.6 is 0 Å². The molecule has 0 aliphatic rings. The summed E-state index contributed by atoms with van der Waals surface area (Å²) in [6.07, 6.45) is 0.